The maximum absolute atomic E-state index is 13.5. The van der Waals surface area contributed by atoms with E-state index in [-0.39, 0.29) is 28.8 Å². The van der Waals surface area contributed by atoms with E-state index in [1.807, 2.05) is 18.2 Å². The number of hydrogen-bond acceptors (Lipinski definition) is 5. The van der Waals surface area contributed by atoms with E-state index in [2.05, 4.69) is 20.2 Å². The summed E-state index contributed by atoms with van der Waals surface area (Å²) >= 11 is 0. The molecular formula is C31H18F6N6. The average Bonchev–Trinajstić information content (AvgIpc) is 3.46. The lowest BCUT2D eigenvalue weighted by molar-refractivity contribution is -0.143. The van der Waals surface area contributed by atoms with Crippen molar-refractivity contribution in [3.63, 3.8) is 0 Å². The molecule has 0 aliphatic rings. The van der Waals surface area contributed by atoms with E-state index in [1.165, 1.54) is 12.1 Å². The van der Waals surface area contributed by atoms with Crippen molar-refractivity contribution in [2.75, 3.05) is 0 Å². The number of aromatic nitrogens is 6. The van der Waals surface area contributed by atoms with Gasteiger partial charge in [0.25, 0.3) is 0 Å². The number of pyridine rings is 3. The molecule has 0 N–H and O–H groups in total. The van der Waals surface area contributed by atoms with Gasteiger partial charge in [0.2, 0.25) is 0 Å². The van der Waals surface area contributed by atoms with Crippen LogP contribution in [0.5, 0.6) is 0 Å². The fourth-order valence-corrected chi connectivity index (χ4v) is 4.48. The number of para-hydroxylation sites is 1. The highest BCUT2D eigenvalue weighted by molar-refractivity contribution is 5.69. The van der Waals surface area contributed by atoms with Crippen LogP contribution < -0.4 is 0 Å². The lowest BCUT2D eigenvalue weighted by atomic mass is 10.0. The summed E-state index contributed by atoms with van der Waals surface area (Å²) in [5.41, 5.74) is -0.823. The van der Waals surface area contributed by atoms with Crippen LogP contribution >= 0.6 is 0 Å². The minimum absolute atomic E-state index is 0.0811. The van der Waals surface area contributed by atoms with Crippen molar-refractivity contribution in [1.29, 1.82) is 0 Å². The van der Waals surface area contributed by atoms with E-state index in [1.54, 1.807) is 65.4 Å². The minimum Gasteiger partial charge on any atom is -0.272 e. The van der Waals surface area contributed by atoms with Gasteiger partial charge in [-0.2, -0.15) is 26.3 Å². The standard InChI is InChI=1S/C31H18F6N6/c32-30(33,34)20-16-19(17-21(18-20)31(35,36)37)23-11-6-13-26(39-23)28-41-42-29(43(28)22-8-2-1-3-9-22)27-14-7-12-25(40-27)24-10-4-5-15-38-24/h1-18H. The molecule has 0 saturated heterocycles. The van der Waals surface area contributed by atoms with Crippen LogP contribution in [0.25, 0.3) is 51.4 Å². The molecule has 0 aliphatic carbocycles. The van der Waals surface area contributed by atoms with Crippen LogP contribution in [-0.4, -0.2) is 29.7 Å². The Morgan fingerprint density at radius 2 is 1.00 bits per heavy atom. The van der Waals surface area contributed by atoms with Gasteiger partial charge in [-0.15, -0.1) is 10.2 Å². The molecule has 6 rings (SSSR count). The third kappa shape index (κ3) is 5.71. The molecule has 0 saturated carbocycles. The van der Waals surface area contributed by atoms with Crippen LogP contribution in [0.2, 0.25) is 0 Å². The summed E-state index contributed by atoms with van der Waals surface area (Å²) in [6.45, 7) is 0. The van der Waals surface area contributed by atoms with Crippen molar-refractivity contribution in [3.8, 4) is 51.4 Å². The molecule has 6 nitrogen and oxygen atoms in total. The number of nitrogens with zero attached hydrogens (tertiary/aromatic N) is 6. The predicted octanol–water partition coefficient (Wildman–Crippen LogP) is 8.16. The van der Waals surface area contributed by atoms with Crippen LogP contribution in [0.15, 0.2) is 109 Å². The van der Waals surface area contributed by atoms with E-state index in [0.29, 0.717) is 40.7 Å². The lowest BCUT2D eigenvalue weighted by Gasteiger charge is -2.14. The van der Waals surface area contributed by atoms with Gasteiger partial charge >= 0.3 is 12.4 Å². The maximum atomic E-state index is 13.5. The zero-order valence-corrected chi connectivity index (χ0v) is 21.8. The van der Waals surface area contributed by atoms with Gasteiger partial charge in [0, 0.05) is 17.4 Å². The highest BCUT2D eigenvalue weighted by atomic mass is 19.4. The minimum atomic E-state index is -4.99. The Bertz CT molecular complexity index is 1870. The van der Waals surface area contributed by atoms with E-state index in [9.17, 15) is 26.3 Å². The normalized spacial score (nSPS) is 12.0. The van der Waals surface area contributed by atoms with E-state index >= 15 is 0 Å². The van der Waals surface area contributed by atoms with Gasteiger partial charge < -0.3 is 0 Å². The number of halogens is 6. The largest absolute Gasteiger partial charge is 0.416 e. The van der Waals surface area contributed by atoms with Gasteiger partial charge in [-0.25, -0.2) is 9.97 Å². The summed E-state index contributed by atoms with van der Waals surface area (Å²) in [6, 6.07) is 25.5. The van der Waals surface area contributed by atoms with Crippen LogP contribution in [0.4, 0.5) is 26.3 Å². The Morgan fingerprint density at radius 1 is 0.488 bits per heavy atom. The third-order valence-electron chi connectivity index (χ3n) is 6.44. The Hall–Kier alpha value is -5.39. The van der Waals surface area contributed by atoms with Gasteiger partial charge in [-0.3, -0.25) is 9.55 Å². The number of alkyl halides is 6. The molecule has 4 heterocycles. The summed E-state index contributed by atoms with van der Waals surface area (Å²) in [4.78, 5) is 13.5. The molecule has 6 aromatic rings. The summed E-state index contributed by atoms with van der Waals surface area (Å²) in [5, 5.41) is 8.69. The summed E-state index contributed by atoms with van der Waals surface area (Å²) < 4.78 is 82.8. The summed E-state index contributed by atoms with van der Waals surface area (Å²) in [5.74, 6) is 0.542. The molecule has 214 valence electrons. The lowest BCUT2D eigenvalue weighted by Crippen LogP contribution is -2.11. The number of hydrogen-bond donors (Lipinski definition) is 0. The fourth-order valence-electron chi connectivity index (χ4n) is 4.48. The molecule has 0 aliphatic heterocycles. The molecule has 12 heteroatoms. The van der Waals surface area contributed by atoms with Crippen molar-refractivity contribution in [2.24, 2.45) is 0 Å². The molecule has 0 spiro atoms. The van der Waals surface area contributed by atoms with Gasteiger partial charge in [0.05, 0.1) is 28.2 Å². The van der Waals surface area contributed by atoms with E-state index < -0.39 is 23.5 Å². The second-order valence-electron chi connectivity index (χ2n) is 9.34. The van der Waals surface area contributed by atoms with Crippen molar-refractivity contribution < 1.29 is 26.3 Å². The fraction of sp³-hybridized carbons (Fsp3) is 0.0645. The first-order valence-corrected chi connectivity index (χ1v) is 12.7. The molecule has 2 aromatic carbocycles. The molecule has 43 heavy (non-hydrogen) atoms. The molecule has 0 atom stereocenters. The van der Waals surface area contributed by atoms with Crippen LogP contribution in [0.3, 0.4) is 0 Å². The summed E-state index contributed by atoms with van der Waals surface area (Å²) in [6.07, 6.45) is -8.34. The van der Waals surface area contributed by atoms with Crippen LogP contribution in [0.1, 0.15) is 11.1 Å². The van der Waals surface area contributed by atoms with Gasteiger partial charge in [-0.1, -0.05) is 36.4 Å². The smallest absolute Gasteiger partial charge is 0.272 e. The SMILES string of the molecule is FC(F)(F)c1cc(-c2cccc(-c3nnc(-c4cccc(-c5ccccn5)n4)n3-c3ccccc3)n2)cc(C(F)(F)F)c1. The highest BCUT2D eigenvalue weighted by Gasteiger charge is 2.37. The second-order valence-corrected chi connectivity index (χ2v) is 9.34. The summed E-state index contributed by atoms with van der Waals surface area (Å²) in [7, 11) is 0. The molecule has 4 aromatic heterocycles. The number of benzene rings is 2. The van der Waals surface area contributed by atoms with Crippen molar-refractivity contribution in [2.45, 2.75) is 12.4 Å². The molecule has 0 bridgehead atoms. The first-order chi connectivity index (χ1) is 20.6. The van der Waals surface area contributed by atoms with E-state index in [0.717, 1.165) is 0 Å². The molecule has 0 radical (unpaired) electrons. The Morgan fingerprint density at radius 3 is 1.56 bits per heavy atom. The molecular weight excluding hydrogens is 570 g/mol. The topological polar surface area (TPSA) is 69.4 Å². The van der Waals surface area contributed by atoms with Crippen molar-refractivity contribution >= 4 is 0 Å². The highest BCUT2D eigenvalue weighted by Crippen LogP contribution is 2.39. The van der Waals surface area contributed by atoms with Gasteiger partial charge in [0.1, 0.15) is 11.4 Å². The van der Waals surface area contributed by atoms with Gasteiger partial charge in [-0.05, 0) is 66.7 Å². The second kappa shape index (κ2) is 10.8. The molecule has 0 unspecified atom stereocenters. The first kappa shape index (κ1) is 27.8. The maximum Gasteiger partial charge on any atom is 0.416 e. The average molecular weight is 589 g/mol. The zero-order chi connectivity index (χ0) is 30.2. The zero-order valence-electron chi connectivity index (χ0n) is 21.8. The molecule has 0 amide bonds. The Kier molecular flexibility index (Phi) is 6.96. The van der Waals surface area contributed by atoms with E-state index in [4.69, 9.17) is 4.98 Å². The Labute approximate surface area is 240 Å². The number of rotatable bonds is 5. The van der Waals surface area contributed by atoms with Crippen molar-refractivity contribution in [1.82, 2.24) is 29.7 Å². The monoisotopic (exact) mass is 588 g/mol. The first-order valence-electron chi connectivity index (χ1n) is 12.7. The third-order valence-corrected chi connectivity index (χ3v) is 6.44. The quantitative estimate of drug-likeness (QED) is 0.190. The van der Waals surface area contributed by atoms with Crippen molar-refractivity contribution in [3.05, 3.63) is 120 Å². The van der Waals surface area contributed by atoms with Gasteiger partial charge in [0.15, 0.2) is 11.6 Å². The van der Waals surface area contributed by atoms with Crippen LogP contribution in [-0.2, 0) is 12.4 Å². The van der Waals surface area contributed by atoms with Crippen LogP contribution in [0, 0.1) is 0 Å². The predicted molar refractivity (Wildman–Crippen MR) is 146 cm³/mol. The Balaban J connectivity index is 1.50. The molecule has 0 fully saturated rings.